The van der Waals surface area contributed by atoms with Crippen molar-refractivity contribution in [1.29, 1.82) is 0 Å². The van der Waals surface area contributed by atoms with Crippen LogP contribution in [0.3, 0.4) is 0 Å². The number of benzene rings is 1. The van der Waals surface area contributed by atoms with Gasteiger partial charge < -0.3 is 10.2 Å². The Labute approximate surface area is 150 Å². The molecule has 132 valence electrons. The Balaban J connectivity index is 1.78. The second-order valence-electron chi connectivity index (χ2n) is 6.94. The van der Waals surface area contributed by atoms with Gasteiger partial charge in [0.25, 0.3) is 0 Å². The molecule has 2 aromatic rings. The Morgan fingerprint density at radius 1 is 1.20 bits per heavy atom. The topological polar surface area (TPSA) is 41.0 Å². The molecule has 1 atom stereocenters. The van der Waals surface area contributed by atoms with Crippen molar-refractivity contribution < 1.29 is 0 Å². The summed E-state index contributed by atoms with van der Waals surface area (Å²) in [4.78, 5) is 11.1. The quantitative estimate of drug-likeness (QED) is 0.856. The van der Waals surface area contributed by atoms with Gasteiger partial charge in [-0.2, -0.15) is 0 Å². The van der Waals surface area contributed by atoms with Crippen LogP contribution in [0.1, 0.15) is 39.2 Å². The van der Waals surface area contributed by atoms with Gasteiger partial charge >= 0.3 is 0 Å². The zero-order chi connectivity index (χ0) is 17.8. The molecular formula is C21H28N4. The zero-order valence-corrected chi connectivity index (χ0v) is 15.7. The lowest BCUT2D eigenvalue weighted by atomic mass is 9.90. The van der Waals surface area contributed by atoms with Crippen LogP contribution in [0.2, 0.25) is 0 Å². The monoisotopic (exact) mass is 336 g/mol. The van der Waals surface area contributed by atoms with Gasteiger partial charge in [0.1, 0.15) is 0 Å². The highest BCUT2D eigenvalue weighted by atomic mass is 15.1. The van der Waals surface area contributed by atoms with E-state index in [1.807, 2.05) is 6.07 Å². The van der Waals surface area contributed by atoms with Crippen molar-refractivity contribution in [2.75, 3.05) is 13.6 Å². The number of aromatic nitrogens is 2. The lowest BCUT2D eigenvalue weighted by molar-refractivity contribution is 0.400. The Bertz CT molecular complexity index is 806. The standard InChI is InChI=1S/C21H28N4/c1-5-12-25(4)21-16(3)15(2)6-8-19(21)24-14-17-7-9-18-20(13-17)23-11-10-22-18/h7-11,13,15,24H,5-6,12,14H2,1-4H3. The Morgan fingerprint density at radius 3 is 2.72 bits per heavy atom. The summed E-state index contributed by atoms with van der Waals surface area (Å²) in [5, 5.41) is 3.66. The fraction of sp³-hybridized carbons (Fsp3) is 0.429. The first-order valence-corrected chi connectivity index (χ1v) is 9.16. The first-order chi connectivity index (χ1) is 12.1. The van der Waals surface area contributed by atoms with E-state index >= 15 is 0 Å². The molecule has 0 saturated heterocycles. The highest BCUT2D eigenvalue weighted by molar-refractivity contribution is 5.74. The second kappa shape index (κ2) is 7.68. The molecule has 1 heterocycles. The van der Waals surface area contributed by atoms with E-state index in [9.17, 15) is 0 Å². The van der Waals surface area contributed by atoms with Crippen LogP contribution in [0, 0.1) is 5.92 Å². The number of hydrogen-bond donors (Lipinski definition) is 1. The number of nitrogens with zero attached hydrogens (tertiary/aromatic N) is 3. The van der Waals surface area contributed by atoms with Crippen LogP contribution >= 0.6 is 0 Å². The van der Waals surface area contributed by atoms with Crippen molar-refractivity contribution in [2.45, 2.75) is 40.2 Å². The van der Waals surface area contributed by atoms with Gasteiger partial charge in [-0.3, -0.25) is 9.97 Å². The summed E-state index contributed by atoms with van der Waals surface area (Å²) < 4.78 is 0. The molecule has 0 aliphatic heterocycles. The van der Waals surface area contributed by atoms with Gasteiger partial charge in [0.2, 0.25) is 0 Å². The molecule has 1 aliphatic rings. The maximum absolute atomic E-state index is 4.40. The number of allylic oxidation sites excluding steroid dienone is 2. The molecule has 1 aromatic heterocycles. The van der Waals surface area contributed by atoms with Crippen molar-refractivity contribution >= 4 is 11.0 Å². The van der Waals surface area contributed by atoms with E-state index < -0.39 is 0 Å². The molecule has 4 heteroatoms. The molecule has 0 saturated carbocycles. The molecule has 0 amide bonds. The third-order valence-electron chi connectivity index (χ3n) is 5.00. The maximum atomic E-state index is 4.40. The number of likely N-dealkylation sites (N-methyl/N-ethyl adjacent to an activating group) is 1. The van der Waals surface area contributed by atoms with Gasteiger partial charge in [-0.05, 0) is 49.0 Å². The van der Waals surface area contributed by atoms with Crippen LogP contribution in [0.15, 0.2) is 53.6 Å². The zero-order valence-electron chi connectivity index (χ0n) is 15.7. The molecule has 25 heavy (non-hydrogen) atoms. The minimum atomic E-state index is 0.607. The van der Waals surface area contributed by atoms with E-state index in [1.165, 1.54) is 22.5 Å². The summed E-state index contributed by atoms with van der Waals surface area (Å²) in [6.07, 6.45) is 8.07. The largest absolute Gasteiger partial charge is 0.380 e. The maximum Gasteiger partial charge on any atom is 0.0890 e. The minimum Gasteiger partial charge on any atom is -0.380 e. The van der Waals surface area contributed by atoms with E-state index in [0.29, 0.717) is 5.92 Å². The Morgan fingerprint density at radius 2 is 1.96 bits per heavy atom. The predicted molar refractivity (Wildman–Crippen MR) is 104 cm³/mol. The minimum absolute atomic E-state index is 0.607. The van der Waals surface area contributed by atoms with Crippen LogP contribution in [-0.2, 0) is 6.54 Å². The molecule has 0 spiro atoms. The average Bonchev–Trinajstić information content (AvgIpc) is 2.62. The van der Waals surface area contributed by atoms with Crippen LogP contribution in [0.4, 0.5) is 0 Å². The van der Waals surface area contributed by atoms with Crippen molar-refractivity contribution in [3.05, 3.63) is 59.2 Å². The lowest BCUT2D eigenvalue weighted by Gasteiger charge is -2.32. The van der Waals surface area contributed by atoms with Gasteiger partial charge in [0.15, 0.2) is 0 Å². The summed E-state index contributed by atoms with van der Waals surface area (Å²) in [7, 11) is 2.20. The molecule has 3 rings (SSSR count). The Kier molecular flexibility index (Phi) is 5.37. The third-order valence-corrected chi connectivity index (χ3v) is 5.00. The van der Waals surface area contributed by atoms with Crippen molar-refractivity contribution in [1.82, 2.24) is 20.2 Å². The molecule has 0 radical (unpaired) electrons. The van der Waals surface area contributed by atoms with Crippen LogP contribution in [-0.4, -0.2) is 28.5 Å². The number of hydrogen-bond acceptors (Lipinski definition) is 4. The molecule has 1 aliphatic carbocycles. The normalized spacial score (nSPS) is 17.6. The molecule has 1 unspecified atom stereocenters. The van der Waals surface area contributed by atoms with Crippen molar-refractivity contribution in [3.8, 4) is 0 Å². The molecule has 0 bridgehead atoms. The molecule has 0 fully saturated rings. The highest BCUT2D eigenvalue weighted by Gasteiger charge is 2.21. The second-order valence-corrected chi connectivity index (χ2v) is 6.94. The van der Waals surface area contributed by atoms with E-state index in [0.717, 1.165) is 37.0 Å². The highest BCUT2D eigenvalue weighted by Crippen LogP contribution is 2.30. The van der Waals surface area contributed by atoms with Crippen molar-refractivity contribution in [3.63, 3.8) is 0 Å². The Hall–Kier alpha value is -2.36. The molecule has 1 aromatic carbocycles. The summed E-state index contributed by atoms with van der Waals surface area (Å²) in [6.45, 7) is 8.68. The first-order valence-electron chi connectivity index (χ1n) is 9.16. The number of rotatable bonds is 6. The lowest BCUT2D eigenvalue weighted by Crippen LogP contribution is -2.30. The van der Waals surface area contributed by atoms with Crippen molar-refractivity contribution in [2.24, 2.45) is 5.92 Å². The van der Waals surface area contributed by atoms with E-state index in [1.54, 1.807) is 12.4 Å². The van der Waals surface area contributed by atoms with Crippen LogP contribution < -0.4 is 5.32 Å². The molecule has 1 N–H and O–H groups in total. The van der Waals surface area contributed by atoms with E-state index in [2.05, 4.69) is 66.2 Å². The summed E-state index contributed by atoms with van der Waals surface area (Å²) >= 11 is 0. The summed E-state index contributed by atoms with van der Waals surface area (Å²) in [5.74, 6) is 0.607. The van der Waals surface area contributed by atoms with Gasteiger partial charge in [-0.25, -0.2) is 0 Å². The third kappa shape index (κ3) is 3.84. The fourth-order valence-electron chi connectivity index (χ4n) is 3.44. The van der Waals surface area contributed by atoms with E-state index in [4.69, 9.17) is 0 Å². The van der Waals surface area contributed by atoms with Gasteiger partial charge in [-0.1, -0.05) is 26.0 Å². The van der Waals surface area contributed by atoms with Gasteiger partial charge in [-0.15, -0.1) is 0 Å². The smallest absolute Gasteiger partial charge is 0.0890 e. The molecule has 4 nitrogen and oxygen atoms in total. The molecular weight excluding hydrogens is 308 g/mol. The van der Waals surface area contributed by atoms with Crippen LogP contribution in [0.25, 0.3) is 11.0 Å². The van der Waals surface area contributed by atoms with Crippen LogP contribution in [0.5, 0.6) is 0 Å². The van der Waals surface area contributed by atoms with Gasteiger partial charge in [0, 0.05) is 32.5 Å². The van der Waals surface area contributed by atoms with Gasteiger partial charge in [0.05, 0.1) is 22.4 Å². The predicted octanol–water partition coefficient (Wildman–Crippen LogP) is 4.26. The first kappa shape index (κ1) is 17.5. The number of nitrogens with one attached hydrogen (secondary N) is 1. The summed E-state index contributed by atoms with van der Waals surface area (Å²) in [5.41, 5.74) is 7.21. The SMILES string of the molecule is CCCN(C)C1=C(C)C(C)CC=C1NCc1ccc2nccnc2c1. The van der Waals surface area contributed by atoms with E-state index in [-0.39, 0.29) is 0 Å². The fourth-order valence-corrected chi connectivity index (χ4v) is 3.44. The summed E-state index contributed by atoms with van der Waals surface area (Å²) in [6, 6.07) is 6.29. The average molecular weight is 336 g/mol. The number of fused-ring (bicyclic) bond motifs is 1.